The fraction of sp³-hybridized carbons (Fsp3) is 0.444. The molecule has 1 aromatic carbocycles. The normalized spacial score (nSPS) is 18.5. The summed E-state index contributed by atoms with van der Waals surface area (Å²) in [5, 5.41) is 7.26. The average Bonchev–Trinajstić information content (AvgIpc) is 3.16. The number of nitrogens with zero attached hydrogens (tertiary/aromatic N) is 2. The maximum atomic E-state index is 12.8. The zero-order valence-electron chi connectivity index (χ0n) is 13.7. The van der Waals surface area contributed by atoms with E-state index in [-0.39, 0.29) is 12.2 Å². The van der Waals surface area contributed by atoms with Gasteiger partial charge in [0.2, 0.25) is 0 Å². The van der Waals surface area contributed by atoms with E-state index in [0.717, 1.165) is 29.7 Å². The van der Waals surface area contributed by atoms with E-state index in [1.807, 2.05) is 37.5 Å². The van der Waals surface area contributed by atoms with Crippen LogP contribution in [0.15, 0.2) is 30.5 Å². The lowest BCUT2D eigenvalue weighted by atomic mass is 9.80. The zero-order valence-corrected chi connectivity index (χ0v) is 13.7. The molecule has 126 valence electrons. The van der Waals surface area contributed by atoms with Gasteiger partial charge in [0.05, 0.1) is 19.4 Å². The number of anilines is 1. The highest BCUT2D eigenvalue weighted by Gasteiger charge is 2.28. The molecule has 6 heteroatoms. The largest absolute Gasteiger partial charge is 0.346 e. The second-order valence-electron chi connectivity index (χ2n) is 6.35. The number of aryl methyl sites for hydroxylation is 1. The second-order valence-corrected chi connectivity index (χ2v) is 6.35. The van der Waals surface area contributed by atoms with Crippen LogP contribution < -0.4 is 5.32 Å². The van der Waals surface area contributed by atoms with Gasteiger partial charge in [0, 0.05) is 23.9 Å². The van der Waals surface area contributed by atoms with Gasteiger partial charge in [-0.3, -0.25) is 9.48 Å². The molecule has 1 aliphatic heterocycles. The number of aromatic nitrogens is 2. The number of amides is 1. The Balaban J connectivity index is 1.54. The predicted octanol–water partition coefficient (Wildman–Crippen LogP) is 2.99. The van der Waals surface area contributed by atoms with Crippen molar-refractivity contribution in [1.29, 1.82) is 0 Å². The lowest BCUT2D eigenvalue weighted by Gasteiger charge is -2.25. The Labute approximate surface area is 140 Å². The highest BCUT2D eigenvalue weighted by molar-refractivity contribution is 6.04. The summed E-state index contributed by atoms with van der Waals surface area (Å²) < 4.78 is 12.7. The first-order valence-corrected chi connectivity index (χ1v) is 8.39. The molecule has 24 heavy (non-hydrogen) atoms. The SMILES string of the molecule is Cn1ncc(C2CCC2)c1C(=O)Nc1cccc(C2OCCO2)c1. The third-order valence-electron chi connectivity index (χ3n) is 4.77. The molecule has 2 aromatic rings. The summed E-state index contributed by atoms with van der Waals surface area (Å²) in [6.45, 7) is 1.20. The van der Waals surface area contributed by atoms with Crippen LogP contribution in [0.1, 0.15) is 53.1 Å². The molecule has 4 rings (SSSR count). The smallest absolute Gasteiger partial charge is 0.274 e. The summed E-state index contributed by atoms with van der Waals surface area (Å²) in [6.07, 6.45) is 4.98. The van der Waals surface area contributed by atoms with Crippen molar-refractivity contribution in [3.8, 4) is 0 Å². The molecule has 0 unspecified atom stereocenters. The molecule has 0 spiro atoms. The van der Waals surface area contributed by atoms with Gasteiger partial charge < -0.3 is 14.8 Å². The van der Waals surface area contributed by atoms with Gasteiger partial charge in [-0.1, -0.05) is 18.6 Å². The number of nitrogens with one attached hydrogen (secondary N) is 1. The summed E-state index contributed by atoms with van der Waals surface area (Å²) in [5.41, 5.74) is 3.35. The summed E-state index contributed by atoms with van der Waals surface area (Å²) in [6, 6.07) is 7.60. The van der Waals surface area contributed by atoms with Crippen LogP contribution in [0.5, 0.6) is 0 Å². The first-order valence-electron chi connectivity index (χ1n) is 8.39. The predicted molar refractivity (Wildman–Crippen MR) is 88.8 cm³/mol. The molecule has 1 aromatic heterocycles. The third kappa shape index (κ3) is 2.83. The van der Waals surface area contributed by atoms with Crippen molar-refractivity contribution < 1.29 is 14.3 Å². The number of hydrogen-bond acceptors (Lipinski definition) is 4. The van der Waals surface area contributed by atoms with Gasteiger partial charge in [0.25, 0.3) is 5.91 Å². The molecular weight excluding hydrogens is 306 g/mol. The summed E-state index contributed by atoms with van der Waals surface area (Å²) in [5.74, 6) is 0.341. The Hall–Kier alpha value is -2.18. The minimum absolute atomic E-state index is 0.123. The van der Waals surface area contributed by atoms with Gasteiger partial charge in [-0.25, -0.2) is 0 Å². The highest BCUT2D eigenvalue weighted by atomic mass is 16.7. The number of ether oxygens (including phenoxy) is 2. The van der Waals surface area contributed by atoms with Crippen LogP contribution in [-0.2, 0) is 16.5 Å². The number of carbonyl (C=O) groups is 1. The average molecular weight is 327 g/mol. The van der Waals surface area contributed by atoms with E-state index >= 15 is 0 Å². The van der Waals surface area contributed by atoms with Gasteiger partial charge in [-0.2, -0.15) is 5.10 Å². The monoisotopic (exact) mass is 327 g/mol. The second kappa shape index (κ2) is 6.37. The van der Waals surface area contributed by atoms with Crippen molar-refractivity contribution in [3.05, 3.63) is 47.3 Å². The van der Waals surface area contributed by atoms with Gasteiger partial charge >= 0.3 is 0 Å². The maximum Gasteiger partial charge on any atom is 0.274 e. The minimum atomic E-state index is -0.343. The Kier molecular flexibility index (Phi) is 4.08. The molecule has 0 radical (unpaired) electrons. The molecule has 1 saturated carbocycles. The van der Waals surface area contributed by atoms with Crippen LogP contribution in [0, 0.1) is 0 Å². The molecule has 1 aliphatic carbocycles. The van der Waals surface area contributed by atoms with Crippen molar-refractivity contribution in [3.63, 3.8) is 0 Å². The fourth-order valence-corrected chi connectivity index (χ4v) is 3.25. The van der Waals surface area contributed by atoms with E-state index in [0.29, 0.717) is 24.8 Å². The fourth-order valence-electron chi connectivity index (χ4n) is 3.25. The number of hydrogen-bond donors (Lipinski definition) is 1. The number of benzene rings is 1. The Morgan fingerprint density at radius 3 is 2.79 bits per heavy atom. The van der Waals surface area contributed by atoms with Crippen LogP contribution in [0.4, 0.5) is 5.69 Å². The van der Waals surface area contributed by atoms with E-state index in [1.165, 1.54) is 6.42 Å². The third-order valence-corrected chi connectivity index (χ3v) is 4.77. The molecule has 2 heterocycles. The molecule has 2 aliphatic rings. The molecule has 0 atom stereocenters. The molecular formula is C18H21N3O3. The zero-order chi connectivity index (χ0) is 16.5. The van der Waals surface area contributed by atoms with E-state index in [1.54, 1.807) is 4.68 Å². The van der Waals surface area contributed by atoms with E-state index in [4.69, 9.17) is 9.47 Å². The summed E-state index contributed by atoms with van der Waals surface area (Å²) in [7, 11) is 1.81. The van der Waals surface area contributed by atoms with Crippen LogP contribution in [0.2, 0.25) is 0 Å². The van der Waals surface area contributed by atoms with Crippen LogP contribution in [0.25, 0.3) is 0 Å². The van der Waals surface area contributed by atoms with Gasteiger partial charge in [0.1, 0.15) is 5.69 Å². The number of rotatable bonds is 4. The number of carbonyl (C=O) groups excluding carboxylic acids is 1. The molecule has 2 fully saturated rings. The van der Waals surface area contributed by atoms with Gasteiger partial charge in [-0.05, 0) is 30.9 Å². The topological polar surface area (TPSA) is 65.4 Å². The lowest BCUT2D eigenvalue weighted by molar-refractivity contribution is -0.0440. The van der Waals surface area contributed by atoms with Crippen molar-refractivity contribution in [1.82, 2.24) is 9.78 Å². The van der Waals surface area contributed by atoms with E-state index in [2.05, 4.69) is 10.4 Å². The van der Waals surface area contributed by atoms with Gasteiger partial charge in [0.15, 0.2) is 6.29 Å². The van der Waals surface area contributed by atoms with Crippen molar-refractivity contribution >= 4 is 11.6 Å². The van der Waals surface area contributed by atoms with Crippen LogP contribution in [0.3, 0.4) is 0 Å². The highest BCUT2D eigenvalue weighted by Crippen LogP contribution is 2.38. The van der Waals surface area contributed by atoms with E-state index < -0.39 is 0 Å². The molecule has 1 saturated heterocycles. The van der Waals surface area contributed by atoms with Gasteiger partial charge in [-0.15, -0.1) is 0 Å². The Morgan fingerprint density at radius 1 is 1.29 bits per heavy atom. The quantitative estimate of drug-likeness (QED) is 0.937. The summed E-state index contributed by atoms with van der Waals surface area (Å²) >= 11 is 0. The Morgan fingerprint density at radius 2 is 2.08 bits per heavy atom. The maximum absolute atomic E-state index is 12.8. The van der Waals surface area contributed by atoms with Crippen LogP contribution >= 0.6 is 0 Å². The van der Waals surface area contributed by atoms with Crippen molar-refractivity contribution in [2.24, 2.45) is 7.05 Å². The minimum Gasteiger partial charge on any atom is -0.346 e. The molecule has 6 nitrogen and oxygen atoms in total. The molecule has 1 N–H and O–H groups in total. The molecule has 1 amide bonds. The first kappa shape index (κ1) is 15.4. The lowest BCUT2D eigenvalue weighted by Crippen LogP contribution is -2.20. The first-order chi connectivity index (χ1) is 11.7. The van der Waals surface area contributed by atoms with Crippen molar-refractivity contribution in [2.45, 2.75) is 31.5 Å². The Bertz CT molecular complexity index is 746. The van der Waals surface area contributed by atoms with Crippen LogP contribution in [-0.4, -0.2) is 28.9 Å². The van der Waals surface area contributed by atoms with Crippen molar-refractivity contribution in [2.75, 3.05) is 18.5 Å². The van der Waals surface area contributed by atoms with E-state index in [9.17, 15) is 4.79 Å². The summed E-state index contributed by atoms with van der Waals surface area (Å²) in [4.78, 5) is 12.8. The molecule has 0 bridgehead atoms. The standard InChI is InChI=1S/C18H21N3O3/c1-21-16(15(11-19-21)12-4-2-5-12)17(22)20-14-7-3-6-13(10-14)18-23-8-9-24-18/h3,6-7,10-12,18H,2,4-5,8-9H2,1H3,(H,20,22).